The van der Waals surface area contributed by atoms with Gasteiger partial charge < -0.3 is 5.32 Å². The number of carbonyl (C=O) groups is 3. The fourth-order valence-corrected chi connectivity index (χ4v) is 3.52. The fraction of sp³-hybridized carbons (Fsp3) is 0.250. The molecular formula is C20H18N2O3. The van der Waals surface area contributed by atoms with Crippen molar-refractivity contribution in [2.24, 2.45) is 0 Å². The van der Waals surface area contributed by atoms with E-state index in [1.807, 2.05) is 18.2 Å². The van der Waals surface area contributed by atoms with E-state index in [0.717, 1.165) is 24.2 Å². The summed E-state index contributed by atoms with van der Waals surface area (Å²) in [6.07, 6.45) is 4.45. The maximum atomic E-state index is 12.5. The number of hydrogen-bond donors (Lipinski definition) is 1. The number of hydrogen-bond acceptors (Lipinski definition) is 3. The molecule has 0 bridgehead atoms. The molecule has 0 radical (unpaired) electrons. The predicted octanol–water partition coefficient (Wildman–Crippen LogP) is 3.04. The van der Waals surface area contributed by atoms with Gasteiger partial charge in [0.2, 0.25) is 0 Å². The van der Waals surface area contributed by atoms with Crippen molar-refractivity contribution < 1.29 is 14.4 Å². The van der Waals surface area contributed by atoms with Crippen LogP contribution in [0.15, 0.2) is 36.4 Å². The molecule has 2 aliphatic rings. The van der Waals surface area contributed by atoms with Crippen molar-refractivity contribution in [3.63, 3.8) is 0 Å². The Hall–Kier alpha value is -2.95. The van der Waals surface area contributed by atoms with Gasteiger partial charge in [0.05, 0.1) is 11.1 Å². The summed E-state index contributed by atoms with van der Waals surface area (Å²) in [6, 6.07) is 10.6. The predicted molar refractivity (Wildman–Crippen MR) is 93.9 cm³/mol. The molecule has 0 saturated heterocycles. The number of fused-ring (bicyclic) bond motifs is 2. The minimum Gasteiger partial charge on any atom is -0.322 e. The zero-order valence-electron chi connectivity index (χ0n) is 14.0. The molecule has 1 aliphatic heterocycles. The highest BCUT2D eigenvalue weighted by molar-refractivity contribution is 6.21. The zero-order chi connectivity index (χ0) is 17.6. The first-order valence-electron chi connectivity index (χ1n) is 8.44. The highest BCUT2D eigenvalue weighted by Crippen LogP contribution is 2.26. The zero-order valence-corrected chi connectivity index (χ0v) is 14.0. The summed E-state index contributed by atoms with van der Waals surface area (Å²) in [6.45, 7) is 0. The van der Waals surface area contributed by atoms with Crippen molar-refractivity contribution in [2.75, 3.05) is 12.4 Å². The third-order valence-electron chi connectivity index (χ3n) is 4.96. The van der Waals surface area contributed by atoms with E-state index in [2.05, 4.69) is 5.32 Å². The van der Waals surface area contributed by atoms with Crippen molar-refractivity contribution in [3.05, 3.63) is 64.2 Å². The van der Waals surface area contributed by atoms with Crippen LogP contribution >= 0.6 is 0 Å². The normalized spacial score (nSPS) is 15.8. The van der Waals surface area contributed by atoms with Crippen molar-refractivity contribution in [1.29, 1.82) is 0 Å². The van der Waals surface area contributed by atoms with E-state index >= 15 is 0 Å². The third kappa shape index (κ3) is 2.61. The van der Waals surface area contributed by atoms with Gasteiger partial charge >= 0.3 is 0 Å². The number of nitrogens with zero attached hydrogens (tertiary/aromatic N) is 1. The molecule has 0 atom stereocenters. The van der Waals surface area contributed by atoms with Gasteiger partial charge in [0.25, 0.3) is 17.7 Å². The van der Waals surface area contributed by atoms with Crippen molar-refractivity contribution in [2.45, 2.75) is 25.7 Å². The SMILES string of the molecule is CN1C(=O)c2ccc(NC(=O)c3ccc4c(c3)CCCC4)cc2C1=O. The summed E-state index contributed by atoms with van der Waals surface area (Å²) < 4.78 is 0. The first-order valence-corrected chi connectivity index (χ1v) is 8.44. The second kappa shape index (κ2) is 5.84. The van der Waals surface area contributed by atoms with E-state index in [-0.39, 0.29) is 17.7 Å². The first kappa shape index (κ1) is 15.6. The van der Waals surface area contributed by atoms with Crippen LogP contribution in [-0.4, -0.2) is 29.7 Å². The molecule has 5 heteroatoms. The van der Waals surface area contributed by atoms with Gasteiger partial charge in [-0.15, -0.1) is 0 Å². The molecule has 25 heavy (non-hydrogen) atoms. The molecule has 1 aliphatic carbocycles. The smallest absolute Gasteiger partial charge is 0.261 e. The second-order valence-corrected chi connectivity index (χ2v) is 6.57. The lowest BCUT2D eigenvalue weighted by atomic mass is 9.90. The van der Waals surface area contributed by atoms with Crippen LogP contribution < -0.4 is 5.32 Å². The molecule has 5 nitrogen and oxygen atoms in total. The average Bonchev–Trinajstić information content (AvgIpc) is 2.85. The standard InChI is InChI=1S/C20H18N2O3/c1-22-19(24)16-9-8-15(11-17(16)20(22)25)21-18(23)14-7-6-12-4-2-3-5-13(12)10-14/h6-11H,2-5H2,1H3,(H,21,23). The Balaban J connectivity index is 1.58. The van der Waals surface area contributed by atoms with Crippen molar-refractivity contribution >= 4 is 23.4 Å². The van der Waals surface area contributed by atoms with Gasteiger partial charge in [-0.3, -0.25) is 19.3 Å². The summed E-state index contributed by atoms with van der Waals surface area (Å²) in [5.74, 6) is -0.865. The molecule has 126 valence electrons. The summed E-state index contributed by atoms with van der Waals surface area (Å²) >= 11 is 0. The van der Waals surface area contributed by atoms with E-state index in [1.54, 1.807) is 18.2 Å². The molecule has 3 amide bonds. The Morgan fingerprint density at radius 3 is 2.44 bits per heavy atom. The molecule has 2 aromatic rings. The number of amides is 3. The Bertz CT molecular complexity index is 917. The van der Waals surface area contributed by atoms with Crippen LogP contribution in [0.3, 0.4) is 0 Å². The van der Waals surface area contributed by atoms with Crippen molar-refractivity contribution in [1.82, 2.24) is 4.90 Å². The summed E-state index contributed by atoms with van der Waals surface area (Å²) in [5.41, 5.74) is 4.40. The van der Waals surface area contributed by atoms with E-state index < -0.39 is 0 Å². The molecule has 0 spiro atoms. The molecule has 1 heterocycles. The van der Waals surface area contributed by atoms with Crippen LogP contribution in [0, 0.1) is 0 Å². The maximum Gasteiger partial charge on any atom is 0.261 e. The second-order valence-electron chi connectivity index (χ2n) is 6.57. The monoisotopic (exact) mass is 334 g/mol. The Morgan fingerprint density at radius 2 is 1.64 bits per heavy atom. The van der Waals surface area contributed by atoms with Crippen LogP contribution in [0.1, 0.15) is 55.0 Å². The van der Waals surface area contributed by atoms with E-state index in [1.165, 1.54) is 24.6 Å². The maximum absolute atomic E-state index is 12.5. The van der Waals surface area contributed by atoms with Gasteiger partial charge in [0.15, 0.2) is 0 Å². The molecule has 0 unspecified atom stereocenters. The number of imide groups is 1. The lowest BCUT2D eigenvalue weighted by Gasteiger charge is -2.16. The van der Waals surface area contributed by atoms with E-state index in [0.29, 0.717) is 22.4 Å². The van der Waals surface area contributed by atoms with Gasteiger partial charge in [-0.25, -0.2) is 0 Å². The van der Waals surface area contributed by atoms with Crippen LogP contribution in [0.4, 0.5) is 5.69 Å². The fourth-order valence-electron chi connectivity index (χ4n) is 3.52. The number of nitrogens with one attached hydrogen (secondary N) is 1. The highest BCUT2D eigenvalue weighted by atomic mass is 16.2. The lowest BCUT2D eigenvalue weighted by molar-refractivity contribution is 0.0692. The molecular weight excluding hydrogens is 316 g/mol. The number of anilines is 1. The largest absolute Gasteiger partial charge is 0.322 e. The van der Waals surface area contributed by atoms with Crippen molar-refractivity contribution in [3.8, 4) is 0 Å². The summed E-state index contributed by atoms with van der Waals surface area (Å²) in [7, 11) is 1.45. The third-order valence-corrected chi connectivity index (χ3v) is 4.96. The quantitative estimate of drug-likeness (QED) is 0.859. The topological polar surface area (TPSA) is 66.5 Å². The van der Waals surface area contributed by atoms with Gasteiger partial charge in [0, 0.05) is 18.3 Å². The Labute approximate surface area is 145 Å². The van der Waals surface area contributed by atoms with Crippen LogP contribution in [0.5, 0.6) is 0 Å². The first-order chi connectivity index (χ1) is 12.0. The Morgan fingerprint density at radius 1 is 0.920 bits per heavy atom. The molecule has 1 N–H and O–H groups in total. The number of aryl methyl sites for hydroxylation is 2. The van der Waals surface area contributed by atoms with E-state index in [4.69, 9.17) is 0 Å². The van der Waals surface area contributed by atoms with Crippen LogP contribution in [0.25, 0.3) is 0 Å². The number of rotatable bonds is 2. The summed E-state index contributed by atoms with van der Waals surface area (Å²) in [4.78, 5) is 37.6. The lowest BCUT2D eigenvalue weighted by Crippen LogP contribution is -2.24. The Kier molecular flexibility index (Phi) is 3.64. The molecule has 2 aromatic carbocycles. The van der Waals surface area contributed by atoms with Crippen LogP contribution in [-0.2, 0) is 12.8 Å². The highest BCUT2D eigenvalue weighted by Gasteiger charge is 2.32. The number of benzene rings is 2. The van der Waals surface area contributed by atoms with Crippen LogP contribution in [0.2, 0.25) is 0 Å². The van der Waals surface area contributed by atoms with Gasteiger partial charge in [-0.05, 0) is 67.1 Å². The molecule has 0 aromatic heterocycles. The van der Waals surface area contributed by atoms with Gasteiger partial charge in [0.1, 0.15) is 0 Å². The molecule has 4 rings (SSSR count). The molecule has 0 saturated carbocycles. The summed E-state index contributed by atoms with van der Waals surface area (Å²) in [5, 5.41) is 2.82. The van der Waals surface area contributed by atoms with Gasteiger partial charge in [-0.2, -0.15) is 0 Å². The minimum absolute atomic E-state index is 0.210. The minimum atomic E-state index is -0.343. The molecule has 0 fully saturated rings. The number of carbonyl (C=O) groups excluding carboxylic acids is 3. The van der Waals surface area contributed by atoms with E-state index in [9.17, 15) is 14.4 Å². The average molecular weight is 334 g/mol. The van der Waals surface area contributed by atoms with Gasteiger partial charge in [-0.1, -0.05) is 6.07 Å².